The van der Waals surface area contributed by atoms with Gasteiger partial charge in [0.2, 0.25) is 5.91 Å². The van der Waals surface area contributed by atoms with Gasteiger partial charge in [0.15, 0.2) is 0 Å². The van der Waals surface area contributed by atoms with Crippen LogP contribution in [0, 0.1) is 11.8 Å². The highest BCUT2D eigenvalue weighted by atomic mass is 16.3. The molecule has 0 heterocycles. The van der Waals surface area contributed by atoms with Crippen LogP contribution in [0.5, 0.6) is 0 Å². The van der Waals surface area contributed by atoms with E-state index in [4.69, 9.17) is 0 Å². The highest BCUT2D eigenvalue weighted by Crippen LogP contribution is 2.31. The van der Waals surface area contributed by atoms with E-state index >= 15 is 0 Å². The van der Waals surface area contributed by atoms with Gasteiger partial charge in [0, 0.05) is 13.0 Å². The van der Waals surface area contributed by atoms with E-state index in [2.05, 4.69) is 5.32 Å². The van der Waals surface area contributed by atoms with Gasteiger partial charge in [-0.05, 0) is 24.7 Å². The molecule has 0 saturated heterocycles. The van der Waals surface area contributed by atoms with E-state index in [0.29, 0.717) is 18.9 Å². The smallest absolute Gasteiger partial charge is 0.220 e. The van der Waals surface area contributed by atoms with Crippen molar-refractivity contribution in [2.45, 2.75) is 39.2 Å². The predicted molar refractivity (Wildman–Crippen MR) is 51.2 cm³/mol. The zero-order valence-electron chi connectivity index (χ0n) is 8.42. The van der Waals surface area contributed by atoms with Crippen molar-refractivity contribution >= 4 is 5.91 Å². The lowest BCUT2D eigenvalue weighted by Gasteiger charge is -2.14. The van der Waals surface area contributed by atoms with Crippen LogP contribution in [0.4, 0.5) is 0 Å². The van der Waals surface area contributed by atoms with Crippen LogP contribution in [0.25, 0.3) is 0 Å². The van der Waals surface area contributed by atoms with Crippen LogP contribution in [0.15, 0.2) is 0 Å². The molecule has 0 aromatic heterocycles. The molecule has 13 heavy (non-hydrogen) atoms. The van der Waals surface area contributed by atoms with Crippen molar-refractivity contribution < 1.29 is 9.90 Å². The molecule has 0 bridgehead atoms. The molecule has 0 aromatic carbocycles. The van der Waals surface area contributed by atoms with Gasteiger partial charge in [-0.25, -0.2) is 0 Å². The average molecular weight is 185 g/mol. The van der Waals surface area contributed by atoms with Crippen LogP contribution >= 0.6 is 0 Å². The molecule has 1 saturated carbocycles. The fourth-order valence-electron chi connectivity index (χ4n) is 1.11. The van der Waals surface area contributed by atoms with Gasteiger partial charge in [0.1, 0.15) is 0 Å². The molecule has 1 fully saturated rings. The largest absolute Gasteiger partial charge is 0.391 e. The Morgan fingerprint density at radius 1 is 1.54 bits per heavy atom. The zero-order valence-corrected chi connectivity index (χ0v) is 8.42. The van der Waals surface area contributed by atoms with Gasteiger partial charge in [-0.1, -0.05) is 13.8 Å². The van der Waals surface area contributed by atoms with Gasteiger partial charge in [0.25, 0.3) is 0 Å². The summed E-state index contributed by atoms with van der Waals surface area (Å²) < 4.78 is 0. The Bertz CT molecular complexity index is 176. The molecule has 3 nitrogen and oxygen atoms in total. The van der Waals surface area contributed by atoms with Gasteiger partial charge in [-0.3, -0.25) is 4.79 Å². The maximum atomic E-state index is 11.2. The Morgan fingerprint density at radius 3 is 2.62 bits per heavy atom. The molecule has 1 rings (SSSR count). The van der Waals surface area contributed by atoms with E-state index in [1.54, 1.807) is 0 Å². The maximum Gasteiger partial charge on any atom is 0.220 e. The van der Waals surface area contributed by atoms with Gasteiger partial charge in [0.05, 0.1) is 6.10 Å². The summed E-state index contributed by atoms with van der Waals surface area (Å²) in [7, 11) is 0. The van der Waals surface area contributed by atoms with Crippen molar-refractivity contribution in [1.82, 2.24) is 5.32 Å². The zero-order chi connectivity index (χ0) is 9.84. The Hall–Kier alpha value is -0.570. The van der Waals surface area contributed by atoms with Crippen molar-refractivity contribution in [2.75, 3.05) is 6.54 Å². The van der Waals surface area contributed by atoms with E-state index in [-0.39, 0.29) is 11.8 Å². The number of aliphatic hydroxyl groups excluding tert-OH is 1. The standard InChI is InChI=1S/C10H19NO2/c1-7(2)9(12)6-11-10(13)5-8-3-4-8/h7-9,12H,3-6H2,1-2H3,(H,11,13). The Morgan fingerprint density at radius 2 is 2.15 bits per heavy atom. The fourth-order valence-corrected chi connectivity index (χ4v) is 1.11. The Balaban J connectivity index is 2.06. The second-order valence-corrected chi connectivity index (χ2v) is 4.26. The summed E-state index contributed by atoms with van der Waals surface area (Å²) >= 11 is 0. The average Bonchev–Trinajstić information content (AvgIpc) is 2.83. The lowest BCUT2D eigenvalue weighted by Crippen LogP contribution is -2.34. The summed E-state index contributed by atoms with van der Waals surface area (Å²) in [6.07, 6.45) is 2.62. The lowest BCUT2D eigenvalue weighted by molar-refractivity contribution is -0.122. The van der Waals surface area contributed by atoms with E-state index in [1.165, 1.54) is 12.8 Å². The number of rotatable bonds is 5. The molecule has 1 aliphatic carbocycles. The summed E-state index contributed by atoms with van der Waals surface area (Å²) in [5, 5.41) is 12.2. The number of nitrogens with one attached hydrogen (secondary N) is 1. The van der Waals surface area contributed by atoms with Crippen LogP contribution in [0.3, 0.4) is 0 Å². The first-order valence-corrected chi connectivity index (χ1v) is 5.04. The first-order valence-electron chi connectivity index (χ1n) is 5.04. The molecule has 0 aromatic rings. The van der Waals surface area contributed by atoms with E-state index < -0.39 is 6.10 Å². The SMILES string of the molecule is CC(C)C(O)CNC(=O)CC1CC1. The second kappa shape index (κ2) is 4.61. The van der Waals surface area contributed by atoms with Gasteiger partial charge < -0.3 is 10.4 Å². The molecule has 1 atom stereocenters. The van der Waals surface area contributed by atoms with Crippen molar-refractivity contribution in [1.29, 1.82) is 0 Å². The van der Waals surface area contributed by atoms with Crippen LogP contribution in [0.2, 0.25) is 0 Å². The minimum absolute atomic E-state index is 0.0854. The Labute approximate surface area is 79.5 Å². The summed E-state index contributed by atoms with van der Waals surface area (Å²) in [5.74, 6) is 0.916. The topological polar surface area (TPSA) is 49.3 Å². The van der Waals surface area contributed by atoms with Gasteiger partial charge in [-0.15, -0.1) is 0 Å². The quantitative estimate of drug-likeness (QED) is 0.669. The lowest BCUT2D eigenvalue weighted by atomic mass is 10.1. The highest BCUT2D eigenvalue weighted by Gasteiger charge is 2.24. The molecule has 1 unspecified atom stereocenters. The van der Waals surface area contributed by atoms with E-state index in [9.17, 15) is 9.90 Å². The monoisotopic (exact) mass is 185 g/mol. The first kappa shape index (κ1) is 10.5. The van der Waals surface area contributed by atoms with Crippen LogP contribution < -0.4 is 5.32 Å². The van der Waals surface area contributed by atoms with Crippen molar-refractivity contribution in [3.05, 3.63) is 0 Å². The van der Waals surface area contributed by atoms with Gasteiger partial charge in [-0.2, -0.15) is 0 Å². The summed E-state index contributed by atoms with van der Waals surface area (Å²) in [4.78, 5) is 11.2. The highest BCUT2D eigenvalue weighted by molar-refractivity contribution is 5.76. The van der Waals surface area contributed by atoms with Crippen molar-refractivity contribution in [3.8, 4) is 0 Å². The number of aliphatic hydroxyl groups is 1. The van der Waals surface area contributed by atoms with Crippen LogP contribution in [-0.2, 0) is 4.79 Å². The molecular formula is C10H19NO2. The molecule has 3 heteroatoms. The molecule has 76 valence electrons. The van der Waals surface area contributed by atoms with Crippen molar-refractivity contribution in [2.24, 2.45) is 11.8 Å². The third-order valence-corrected chi connectivity index (χ3v) is 2.45. The third kappa shape index (κ3) is 4.27. The van der Waals surface area contributed by atoms with Gasteiger partial charge >= 0.3 is 0 Å². The summed E-state index contributed by atoms with van der Waals surface area (Å²) in [6, 6.07) is 0. The third-order valence-electron chi connectivity index (χ3n) is 2.45. The van der Waals surface area contributed by atoms with Crippen LogP contribution in [0.1, 0.15) is 33.1 Å². The van der Waals surface area contributed by atoms with Crippen molar-refractivity contribution in [3.63, 3.8) is 0 Å². The first-order chi connectivity index (χ1) is 6.09. The molecule has 2 N–H and O–H groups in total. The number of carbonyl (C=O) groups is 1. The number of hydrogen-bond donors (Lipinski definition) is 2. The van der Waals surface area contributed by atoms with E-state index in [1.807, 2.05) is 13.8 Å². The number of carbonyl (C=O) groups excluding carboxylic acids is 1. The molecule has 0 aliphatic heterocycles. The number of hydrogen-bond acceptors (Lipinski definition) is 2. The summed E-state index contributed by atoms with van der Waals surface area (Å²) in [5.41, 5.74) is 0. The molecular weight excluding hydrogens is 166 g/mol. The minimum atomic E-state index is -0.414. The van der Waals surface area contributed by atoms with E-state index in [0.717, 1.165) is 0 Å². The number of amides is 1. The molecule has 1 amide bonds. The molecule has 1 aliphatic rings. The molecule has 0 spiro atoms. The normalized spacial score (nSPS) is 18.8. The maximum absolute atomic E-state index is 11.2. The summed E-state index contributed by atoms with van der Waals surface area (Å²) in [6.45, 7) is 4.28. The fraction of sp³-hybridized carbons (Fsp3) is 0.900. The van der Waals surface area contributed by atoms with Crippen LogP contribution in [-0.4, -0.2) is 23.7 Å². The Kier molecular flexibility index (Phi) is 3.72. The minimum Gasteiger partial charge on any atom is -0.391 e. The predicted octanol–water partition coefficient (Wildman–Crippen LogP) is 0.920. The molecule has 0 radical (unpaired) electrons. The second-order valence-electron chi connectivity index (χ2n) is 4.26.